The molecular formula is C19H24N6O3S. The predicted molar refractivity (Wildman–Crippen MR) is 109 cm³/mol. The smallest absolute Gasteiger partial charge is 0.243 e. The molecule has 3 heterocycles. The van der Waals surface area contributed by atoms with Crippen molar-refractivity contribution in [2.45, 2.75) is 44.2 Å². The minimum Gasteiger partial charge on any atom is -0.381 e. The Morgan fingerprint density at radius 1 is 1.28 bits per heavy atom. The molecule has 10 heteroatoms. The van der Waals surface area contributed by atoms with E-state index in [-0.39, 0.29) is 16.8 Å². The van der Waals surface area contributed by atoms with E-state index in [1.165, 1.54) is 10.6 Å². The van der Waals surface area contributed by atoms with E-state index in [1.807, 2.05) is 27.7 Å². The second kappa shape index (κ2) is 6.75. The summed E-state index contributed by atoms with van der Waals surface area (Å²) in [5, 5.41) is 4.22. The SMILES string of the molecule is Cc1ccc(S(=O)(=O)N2CC(C)OCC2(C)C)cc1-c1cnc2c(N)ncnn12. The van der Waals surface area contributed by atoms with Gasteiger partial charge < -0.3 is 10.5 Å². The number of nitrogens with zero attached hydrogens (tertiary/aromatic N) is 5. The van der Waals surface area contributed by atoms with E-state index >= 15 is 0 Å². The number of aromatic nitrogens is 4. The van der Waals surface area contributed by atoms with E-state index in [2.05, 4.69) is 15.1 Å². The lowest BCUT2D eigenvalue weighted by molar-refractivity contribution is -0.0551. The van der Waals surface area contributed by atoms with Gasteiger partial charge in [0.25, 0.3) is 0 Å². The second-order valence-electron chi connectivity index (χ2n) is 7.97. The van der Waals surface area contributed by atoms with Gasteiger partial charge in [0.2, 0.25) is 10.0 Å². The Labute approximate surface area is 169 Å². The van der Waals surface area contributed by atoms with Gasteiger partial charge >= 0.3 is 0 Å². The number of morpholine rings is 1. The summed E-state index contributed by atoms with van der Waals surface area (Å²) >= 11 is 0. The van der Waals surface area contributed by atoms with Crippen LogP contribution in [0.1, 0.15) is 26.3 Å². The van der Waals surface area contributed by atoms with Crippen molar-refractivity contribution in [3.8, 4) is 11.3 Å². The minimum atomic E-state index is -3.73. The fourth-order valence-electron chi connectivity index (χ4n) is 3.56. The summed E-state index contributed by atoms with van der Waals surface area (Å²) in [6, 6.07) is 5.10. The zero-order valence-corrected chi connectivity index (χ0v) is 17.6. The van der Waals surface area contributed by atoms with Gasteiger partial charge in [-0.25, -0.2) is 22.9 Å². The normalized spacial score (nSPS) is 20.2. The number of benzene rings is 1. The molecule has 154 valence electrons. The molecule has 1 atom stereocenters. The molecule has 0 bridgehead atoms. The first-order valence-electron chi connectivity index (χ1n) is 9.31. The second-order valence-corrected chi connectivity index (χ2v) is 9.83. The largest absolute Gasteiger partial charge is 0.381 e. The summed E-state index contributed by atoms with van der Waals surface area (Å²) in [6.45, 7) is 8.18. The monoisotopic (exact) mass is 416 g/mol. The number of hydrogen-bond donors (Lipinski definition) is 1. The number of anilines is 1. The molecule has 1 fully saturated rings. The lowest BCUT2D eigenvalue weighted by Crippen LogP contribution is -2.57. The molecule has 9 nitrogen and oxygen atoms in total. The van der Waals surface area contributed by atoms with E-state index < -0.39 is 15.6 Å². The highest BCUT2D eigenvalue weighted by atomic mass is 32.2. The standard InChI is InChI=1S/C19H24N6O3S/c1-12-5-6-14(29(26,27)24-9-13(2)28-10-19(24,3)4)7-15(12)16-8-21-18-17(20)22-11-23-25(16)18/h5-8,11,13H,9-10H2,1-4H3,(H2,20,22,23). The van der Waals surface area contributed by atoms with E-state index in [0.29, 0.717) is 24.5 Å². The van der Waals surface area contributed by atoms with Crippen molar-refractivity contribution in [2.75, 3.05) is 18.9 Å². The third-order valence-corrected chi connectivity index (χ3v) is 7.30. The van der Waals surface area contributed by atoms with Crippen molar-refractivity contribution in [2.24, 2.45) is 0 Å². The fraction of sp³-hybridized carbons (Fsp3) is 0.421. The van der Waals surface area contributed by atoms with Crippen molar-refractivity contribution in [3.63, 3.8) is 0 Å². The van der Waals surface area contributed by atoms with Crippen LogP contribution in [-0.4, -0.2) is 57.1 Å². The first kappa shape index (κ1) is 19.7. The molecule has 0 amide bonds. The van der Waals surface area contributed by atoms with Crippen molar-refractivity contribution < 1.29 is 13.2 Å². The first-order valence-corrected chi connectivity index (χ1v) is 10.7. The Morgan fingerprint density at radius 2 is 2.03 bits per heavy atom. The Morgan fingerprint density at radius 3 is 2.79 bits per heavy atom. The van der Waals surface area contributed by atoms with Crippen LogP contribution in [0.5, 0.6) is 0 Å². The Balaban J connectivity index is 1.84. The van der Waals surface area contributed by atoms with E-state index in [0.717, 1.165) is 11.1 Å². The van der Waals surface area contributed by atoms with Crippen molar-refractivity contribution >= 4 is 21.5 Å². The van der Waals surface area contributed by atoms with Crippen LogP contribution in [0, 0.1) is 6.92 Å². The maximum atomic E-state index is 13.5. The van der Waals surface area contributed by atoms with Crippen LogP contribution in [0.2, 0.25) is 0 Å². The van der Waals surface area contributed by atoms with Gasteiger partial charge in [-0.2, -0.15) is 9.40 Å². The van der Waals surface area contributed by atoms with Gasteiger partial charge in [-0.05, 0) is 45.4 Å². The number of sulfonamides is 1. The topological polar surface area (TPSA) is 116 Å². The third-order valence-electron chi connectivity index (χ3n) is 5.22. The van der Waals surface area contributed by atoms with Crippen LogP contribution >= 0.6 is 0 Å². The zero-order chi connectivity index (χ0) is 21.0. The third kappa shape index (κ3) is 3.26. The van der Waals surface area contributed by atoms with Crippen LogP contribution in [0.25, 0.3) is 16.9 Å². The molecule has 1 aromatic carbocycles. The Kier molecular flexibility index (Phi) is 4.60. The van der Waals surface area contributed by atoms with E-state index in [1.54, 1.807) is 28.9 Å². The number of imidazole rings is 1. The molecule has 1 unspecified atom stereocenters. The molecular weight excluding hydrogens is 392 g/mol. The number of nitrogen functional groups attached to an aromatic ring is 1. The van der Waals surface area contributed by atoms with Gasteiger partial charge in [0.05, 0.1) is 35.0 Å². The molecule has 0 aliphatic carbocycles. The maximum absolute atomic E-state index is 13.5. The number of rotatable bonds is 3. The van der Waals surface area contributed by atoms with Crippen LogP contribution < -0.4 is 5.73 Å². The summed E-state index contributed by atoms with van der Waals surface area (Å²) in [5.74, 6) is 0.261. The van der Waals surface area contributed by atoms with Gasteiger partial charge in [-0.3, -0.25) is 0 Å². The van der Waals surface area contributed by atoms with Crippen LogP contribution in [0.4, 0.5) is 5.82 Å². The maximum Gasteiger partial charge on any atom is 0.243 e. The van der Waals surface area contributed by atoms with Crippen molar-refractivity contribution in [1.82, 2.24) is 23.9 Å². The molecule has 3 aromatic rings. The minimum absolute atomic E-state index is 0.166. The summed E-state index contributed by atoms with van der Waals surface area (Å²) in [4.78, 5) is 8.45. The molecule has 1 aliphatic rings. The number of ether oxygens (including phenoxy) is 1. The molecule has 29 heavy (non-hydrogen) atoms. The average molecular weight is 417 g/mol. The van der Waals surface area contributed by atoms with Gasteiger partial charge in [-0.15, -0.1) is 0 Å². The molecule has 0 radical (unpaired) electrons. The van der Waals surface area contributed by atoms with Crippen LogP contribution in [0.15, 0.2) is 35.6 Å². The van der Waals surface area contributed by atoms with Crippen LogP contribution in [-0.2, 0) is 14.8 Å². The van der Waals surface area contributed by atoms with E-state index in [9.17, 15) is 8.42 Å². The molecule has 1 saturated heterocycles. The van der Waals surface area contributed by atoms with E-state index in [4.69, 9.17) is 10.5 Å². The highest BCUT2D eigenvalue weighted by Crippen LogP contribution is 2.32. The lowest BCUT2D eigenvalue weighted by atomic mass is 10.1. The Bertz CT molecular complexity index is 1190. The van der Waals surface area contributed by atoms with Crippen molar-refractivity contribution in [3.05, 3.63) is 36.3 Å². The van der Waals surface area contributed by atoms with Gasteiger partial charge in [0, 0.05) is 12.1 Å². The highest BCUT2D eigenvalue weighted by molar-refractivity contribution is 7.89. The predicted octanol–water partition coefficient (Wildman–Crippen LogP) is 1.87. The van der Waals surface area contributed by atoms with Crippen LogP contribution in [0.3, 0.4) is 0 Å². The number of fused-ring (bicyclic) bond motifs is 1. The Hall–Kier alpha value is -2.56. The molecule has 1 aliphatic heterocycles. The van der Waals surface area contributed by atoms with Gasteiger partial charge in [0.1, 0.15) is 6.33 Å². The zero-order valence-electron chi connectivity index (χ0n) is 16.8. The fourth-order valence-corrected chi connectivity index (χ4v) is 5.43. The molecule has 2 N–H and O–H groups in total. The summed E-state index contributed by atoms with van der Waals surface area (Å²) in [6.07, 6.45) is 2.81. The number of nitrogens with two attached hydrogens (primary N) is 1. The lowest BCUT2D eigenvalue weighted by Gasteiger charge is -2.43. The molecule has 4 rings (SSSR count). The molecule has 0 spiro atoms. The molecule has 0 saturated carbocycles. The quantitative estimate of drug-likeness (QED) is 0.693. The van der Waals surface area contributed by atoms with Gasteiger partial charge in [0.15, 0.2) is 11.5 Å². The highest BCUT2D eigenvalue weighted by Gasteiger charge is 2.42. The molecule has 2 aromatic heterocycles. The number of aryl methyl sites for hydroxylation is 1. The average Bonchev–Trinajstić information content (AvgIpc) is 3.09. The van der Waals surface area contributed by atoms with Crippen molar-refractivity contribution in [1.29, 1.82) is 0 Å². The summed E-state index contributed by atoms with van der Waals surface area (Å²) < 4.78 is 35.8. The first-order chi connectivity index (χ1) is 13.6. The number of hydrogen-bond acceptors (Lipinski definition) is 7. The summed E-state index contributed by atoms with van der Waals surface area (Å²) in [5.41, 5.74) is 7.94. The van der Waals surface area contributed by atoms with Gasteiger partial charge in [-0.1, -0.05) is 6.07 Å². The summed E-state index contributed by atoms with van der Waals surface area (Å²) in [7, 11) is -3.73.